The van der Waals surface area contributed by atoms with Gasteiger partial charge in [0.2, 0.25) is 0 Å². The summed E-state index contributed by atoms with van der Waals surface area (Å²) in [7, 11) is 0. The van der Waals surface area contributed by atoms with Gasteiger partial charge in [-0.1, -0.05) is 59.8 Å². The molecular weight excluding hydrogens is 132 g/mol. The van der Waals surface area contributed by atoms with E-state index >= 15 is 0 Å². The van der Waals surface area contributed by atoms with Crippen LogP contribution in [0.2, 0.25) is 0 Å². The summed E-state index contributed by atoms with van der Waals surface area (Å²) in [5, 5.41) is 0. The first-order chi connectivity index (χ1) is 5.20. The molecule has 0 aromatic rings. The fraction of sp³-hybridized carbons (Fsp3) is 0.909. The summed E-state index contributed by atoms with van der Waals surface area (Å²) < 4.78 is 0. The molecule has 0 heterocycles. The molecule has 67 valence electrons. The third kappa shape index (κ3) is 6.40. The third-order valence-corrected chi connectivity index (χ3v) is 2.43. The van der Waals surface area contributed by atoms with Crippen LogP contribution < -0.4 is 0 Å². The molecule has 11 heavy (non-hydrogen) atoms. The van der Waals surface area contributed by atoms with E-state index in [1.54, 1.807) is 0 Å². The zero-order chi connectivity index (χ0) is 8.69. The second kappa shape index (κ2) is 6.69. The van der Waals surface area contributed by atoms with Gasteiger partial charge in [-0.2, -0.15) is 0 Å². The molecule has 0 nitrogen and oxygen atoms in total. The maximum atomic E-state index is 4.09. The molecule has 0 aliphatic heterocycles. The lowest BCUT2D eigenvalue weighted by molar-refractivity contribution is 0.422. The predicted octanol–water partition coefficient (Wildman–Crippen LogP) is 4.06. The van der Waals surface area contributed by atoms with Crippen molar-refractivity contribution in [1.82, 2.24) is 0 Å². The molecule has 0 spiro atoms. The van der Waals surface area contributed by atoms with E-state index in [1.807, 2.05) is 0 Å². The quantitative estimate of drug-likeness (QED) is 0.542. The summed E-state index contributed by atoms with van der Waals surface area (Å²) in [6.07, 6.45) is 6.64. The lowest BCUT2D eigenvalue weighted by Crippen LogP contribution is -1.99. The van der Waals surface area contributed by atoms with Crippen molar-refractivity contribution in [3.63, 3.8) is 0 Å². The molecule has 0 heteroatoms. The molecule has 0 aliphatic rings. The van der Waals surface area contributed by atoms with Gasteiger partial charge in [-0.05, 0) is 11.8 Å². The first-order valence-electron chi connectivity index (χ1n) is 5.03. The van der Waals surface area contributed by atoms with Gasteiger partial charge in [0.05, 0.1) is 0 Å². The van der Waals surface area contributed by atoms with Crippen molar-refractivity contribution >= 4 is 0 Å². The van der Waals surface area contributed by atoms with Crippen molar-refractivity contribution in [2.75, 3.05) is 0 Å². The van der Waals surface area contributed by atoms with Gasteiger partial charge < -0.3 is 0 Å². The van der Waals surface area contributed by atoms with Gasteiger partial charge in [0, 0.05) is 0 Å². The second-order valence-electron chi connectivity index (χ2n) is 3.75. The molecular formula is C11H23. The SMILES string of the molecule is [CH2]C(CC)CCC(C)CCC. The van der Waals surface area contributed by atoms with E-state index < -0.39 is 0 Å². The minimum atomic E-state index is 0.689. The molecule has 2 unspecified atom stereocenters. The van der Waals surface area contributed by atoms with E-state index in [-0.39, 0.29) is 0 Å². The Kier molecular flexibility index (Phi) is 6.69. The number of hydrogen-bond donors (Lipinski definition) is 0. The third-order valence-electron chi connectivity index (χ3n) is 2.43. The van der Waals surface area contributed by atoms with Crippen LogP contribution in [0.3, 0.4) is 0 Å². The van der Waals surface area contributed by atoms with Crippen molar-refractivity contribution in [3.8, 4) is 0 Å². The highest BCUT2D eigenvalue weighted by atomic mass is 14.1. The molecule has 0 bridgehead atoms. The van der Waals surface area contributed by atoms with Gasteiger partial charge >= 0.3 is 0 Å². The Morgan fingerprint density at radius 1 is 1.09 bits per heavy atom. The van der Waals surface area contributed by atoms with Crippen LogP contribution in [0.4, 0.5) is 0 Å². The van der Waals surface area contributed by atoms with Gasteiger partial charge in [0.1, 0.15) is 0 Å². The summed E-state index contributed by atoms with van der Waals surface area (Å²) in [5.74, 6) is 1.60. The summed E-state index contributed by atoms with van der Waals surface area (Å²) in [4.78, 5) is 0. The Hall–Kier alpha value is 0. The molecule has 0 N–H and O–H groups in total. The molecule has 0 aliphatic carbocycles. The van der Waals surface area contributed by atoms with Gasteiger partial charge in [-0.15, -0.1) is 0 Å². The van der Waals surface area contributed by atoms with Gasteiger partial charge in [-0.3, -0.25) is 0 Å². The highest BCUT2D eigenvalue weighted by molar-refractivity contribution is 4.61. The maximum Gasteiger partial charge on any atom is -0.0417 e. The van der Waals surface area contributed by atoms with E-state index in [0.717, 1.165) is 5.92 Å². The Labute approximate surface area is 72.4 Å². The Morgan fingerprint density at radius 2 is 1.73 bits per heavy atom. The molecule has 0 saturated carbocycles. The van der Waals surface area contributed by atoms with Crippen LogP contribution in [0.15, 0.2) is 0 Å². The van der Waals surface area contributed by atoms with E-state index in [0.29, 0.717) is 5.92 Å². The zero-order valence-corrected chi connectivity index (χ0v) is 8.40. The molecule has 0 rings (SSSR count). The Bertz CT molecular complexity index is 76.1. The van der Waals surface area contributed by atoms with Crippen molar-refractivity contribution in [2.24, 2.45) is 11.8 Å². The Morgan fingerprint density at radius 3 is 2.18 bits per heavy atom. The Balaban J connectivity index is 3.22. The van der Waals surface area contributed by atoms with Crippen LogP contribution >= 0.6 is 0 Å². The van der Waals surface area contributed by atoms with E-state index in [4.69, 9.17) is 0 Å². The first-order valence-corrected chi connectivity index (χ1v) is 5.03. The van der Waals surface area contributed by atoms with Crippen molar-refractivity contribution < 1.29 is 0 Å². The molecule has 0 fully saturated rings. The fourth-order valence-electron chi connectivity index (χ4n) is 1.36. The van der Waals surface area contributed by atoms with Gasteiger partial charge in [0.15, 0.2) is 0 Å². The topological polar surface area (TPSA) is 0 Å². The zero-order valence-electron chi connectivity index (χ0n) is 8.40. The van der Waals surface area contributed by atoms with Crippen LogP contribution in [-0.4, -0.2) is 0 Å². The fourth-order valence-corrected chi connectivity index (χ4v) is 1.36. The lowest BCUT2D eigenvalue weighted by atomic mass is 9.94. The lowest BCUT2D eigenvalue weighted by Gasteiger charge is -2.12. The highest BCUT2D eigenvalue weighted by Gasteiger charge is 2.03. The average Bonchev–Trinajstić information content (AvgIpc) is 2.01. The van der Waals surface area contributed by atoms with Crippen LogP contribution in [0.1, 0.15) is 52.9 Å². The van der Waals surface area contributed by atoms with E-state index in [2.05, 4.69) is 27.7 Å². The van der Waals surface area contributed by atoms with E-state index in [9.17, 15) is 0 Å². The second-order valence-corrected chi connectivity index (χ2v) is 3.75. The number of hydrogen-bond acceptors (Lipinski definition) is 0. The number of rotatable bonds is 6. The minimum Gasteiger partial charge on any atom is -0.0654 e. The monoisotopic (exact) mass is 155 g/mol. The minimum absolute atomic E-state index is 0.689. The summed E-state index contributed by atoms with van der Waals surface area (Å²) >= 11 is 0. The van der Waals surface area contributed by atoms with Gasteiger partial charge in [-0.25, -0.2) is 0 Å². The van der Waals surface area contributed by atoms with E-state index in [1.165, 1.54) is 32.1 Å². The molecule has 0 aromatic carbocycles. The van der Waals surface area contributed by atoms with Crippen LogP contribution in [-0.2, 0) is 0 Å². The maximum absolute atomic E-state index is 4.09. The standard InChI is InChI=1S/C11H23/c1-5-7-11(4)9-8-10(3)6-2/h10-11H,3,5-9H2,1-2,4H3. The van der Waals surface area contributed by atoms with Crippen LogP contribution in [0.25, 0.3) is 0 Å². The van der Waals surface area contributed by atoms with Crippen LogP contribution in [0.5, 0.6) is 0 Å². The molecule has 0 saturated heterocycles. The molecule has 0 aromatic heterocycles. The van der Waals surface area contributed by atoms with Crippen LogP contribution in [0, 0.1) is 18.8 Å². The summed E-state index contributed by atoms with van der Waals surface area (Å²) in [5.41, 5.74) is 0. The summed E-state index contributed by atoms with van der Waals surface area (Å²) in [6, 6.07) is 0. The van der Waals surface area contributed by atoms with Crippen molar-refractivity contribution in [1.29, 1.82) is 0 Å². The summed E-state index contributed by atoms with van der Waals surface area (Å²) in [6.45, 7) is 10.9. The smallest absolute Gasteiger partial charge is 0.0417 e. The first kappa shape index (κ1) is 11.0. The normalized spacial score (nSPS) is 16.4. The predicted molar refractivity (Wildman–Crippen MR) is 52.4 cm³/mol. The molecule has 2 atom stereocenters. The van der Waals surface area contributed by atoms with Gasteiger partial charge in [0.25, 0.3) is 0 Å². The molecule has 1 radical (unpaired) electrons. The average molecular weight is 155 g/mol. The van der Waals surface area contributed by atoms with Crippen molar-refractivity contribution in [2.45, 2.75) is 52.9 Å². The van der Waals surface area contributed by atoms with Crippen molar-refractivity contribution in [3.05, 3.63) is 6.92 Å². The highest BCUT2D eigenvalue weighted by Crippen LogP contribution is 2.17. The largest absolute Gasteiger partial charge is 0.0654 e. The molecule has 0 amide bonds.